The van der Waals surface area contributed by atoms with Gasteiger partial charge in [-0.3, -0.25) is 0 Å². The molecule has 1 aromatic heterocycles. The average Bonchev–Trinajstić information content (AvgIpc) is 2.69. The number of rotatable bonds is 3. The van der Waals surface area contributed by atoms with Crippen molar-refractivity contribution in [2.75, 3.05) is 0 Å². The van der Waals surface area contributed by atoms with Crippen molar-refractivity contribution >= 4 is 0 Å². The normalized spacial score (nSPS) is 26.8. The summed E-state index contributed by atoms with van der Waals surface area (Å²) in [5.74, 6) is 1.76. The lowest BCUT2D eigenvalue weighted by Crippen LogP contribution is -2.19. The third kappa shape index (κ3) is 2.59. The van der Waals surface area contributed by atoms with E-state index in [1.165, 1.54) is 25.7 Å². The van der Waals surface area contributed by atoms with Crippen LogP contribution in [-0.4, -0.2) is 9.55 Å². The smallest absolute Gasteiger partial charge is 0.0948 e. The van der Waals surface area contributed by atoms with Gasteiger partial charge in [0, 0.05) is 19.3 Å². The molecule has 0 radical (unpaired) electrons. The van der Waals surface area contributed by atoms with Gasteiger partial charge in [-0.2, -0.15) is 0 Å². The molecule has 0 saturated heterocycles. The molecule has 1 aliphatic rings. The molecule has 0 aliphatic heterocycles. The van der Waals surface area contributed by atoms with Crippen LogP contribution in [0.3, 0.4) is 0 Å². The van der Waals surface area contributed by atoms with E-state index in [0.29, 0.717) is 6.54 Å². The zero-order chi connectivity index (χ0) is 10.7. The predicted octanol–water partition coefficient (Wildman–Crippen LogP) is 2.17. The van der Waals surface area contributed by atoms with Crippen LogP contribution in [-0.2, 0) is 13.1 Å². The number of hydrogen-bond acceptors (Lipinski definition) is 2. The topological polar surface area (TPSA) is 43.8 Å². The molecule has 1 fully saturated rings. The Morgan fingerprint density at radius 2 is 2.13 bits per heavy atom. The molecular weight excluding hydrogens is 186 g/mol. The monoisotopic (exact) mass is 207 g/mol. The molecular formula is C12H21N3. The highest BCUT2D eigenvalue weighted by molar-refractivity contribution is 4.97. The lowest BCUT2D eigenvalue weighted by Gasteiger charge is -2.26. The van der Waals surface area contributed by atoms with E-state index >= 15 is 0 Å². The van der Waals surface area contributed by atoms with Crippen molar-refractivity contribution in [3.05, 3.63) is 18.2 Å². The maximum absolute atomic E-state index is 5.66. The van der Waals surface area contributed by atoms with E-state index in [-0.39, 0.29) is 0 Å². The molecule has 1 aromatic rings. The Labute approximate surface area is 91.7 Å². The van der Waals surface area contributed by atoms with E-state index in [9.17, 15) is 0 Å². The summed E-state index contributed by atoms with van der Waals surface area (Å²) in [6, 6.07) is 0. The van der Waals surface area contributed by atoms with Gasteiger partial charge in [-0.15, -0.1) is 0 Å². The zero-order valence-electron chi connectivity index (χ0n) is 9.52. The van der Waals surface area contributed by atoms with Crippen LogP contribution < -0.4 is 5.73 Å². The molecule has 0 bridgehead atoms. The second-order valence-electron chi connectivity index (χ2n) is 4.87. The van der Waals surface area contributed by atoms with Crippen molar-refractivity contribution in [1.29, 1.82) is 0 Å². The first kappa shape index (κ1) is 10.7. The van der Waals surface area contributed by atoms with Gasteiger partial charge in [0.05, 0.1) is 12.0 Å². The van der Waals surface area contributed by atoms with E-state index in [4.69, 9.17) is 5.73 Å². The van der Waals surface area contributed by atoms with Crippen LogP contribution in [0.5, 0.6) is 0 Å². The van der Waals surface area contributed by atoms with Crippen LogP contribution in [0.1, 0.15) is 38.3 Å². The predicted molar refractivity (Wildman–Crippen MR) is 61.2 cm³/mol. The van der Waals surface area contributed by atoms with Crippen molar-refractivity contribution in [2.24, 2.45) is 17.6 Å². The number of aromatic nitrogens is 2. The quantitative estimate of drug-likeness (QED) is 0.825. The van der Waals surface area contributed by atoms with Gasteiger partial charge in [-0.25, -0.2) is 4.98 Å². The van der Waals surface area contributed by atoms with Gasteiger partial charge >= 0.3 is 0 Å². The molecule has 0 spiro atoms. The fraction of sp³-hybridized carbons (Fsp3) is 0.750. The van der Waals surface area contributed by atoms with E-state index < -0.39 is 0 Å². The zero-order valence-corrected chi connectivity index (χ0v) is 9.52. The van der Waals surface area contributed by atoms with Crippen LogP contribution in [0.2, 0.25) is 0 Å². The maximum atomic E-state index is 5.66. The van der Waals surface area contributed by atoms with Crippen molar-refractivity contribution < 1.29 is 0 Å². The number of imidazole rings is 1. The molecule has 3 nitrogen and oxygen atoms in total. The summed E-state index contributed by atoms with van der Waals surface area (Å²) >= 11 is 0. The molecule has 1 saturated carbocycles. The Bertz CT molecular complexity index is 298. The minimum absolute atomic E-state index is 0.600. The highest BCUT2D eigenvalue weighted by Gasteiger charge is 2.18. The SMILES string of the molecule is CC1CCC(Cn2cncc2CN)CC1. The number of hydrogen-bond donors (Lipinski definition) is 1. The van der Waals surface area contributed by atoms with E-state index in [2.05, 4.69) is 16.5 Å². The molecule has 0 atom stereocenters. The molecule has 0 amide bonds. The van der Waals surface area contributed by atoms with Gasteiger partial charge in [-0.1, -0.05) is 19.8 Å². The summed E-state index contributed by atoms with van der Waals surface area (Å²) in [6.45, 7) is 4.07. The molecule has 1 heterocycles. The Morgan fingerprint density at radius 3 is 2.80 bits per heavy atom. The van der Waals surface area contributed by atoms with Gasteiger partial charge in [0.15, 0.2) is 0 Å². The van der Waals surface area contributed by atoms with Gasteiger partial charge in [0.1, 0.15) is 0 Å². The molecule has 1 aliphatic carbocycles. The lowest BCUT2D eigenvalue weighted by molar-refractivity contribution is 0.263. The lowest BCUT2D eigenvalue weighted by atomic mass is 9.83. The number of nitrogens with two attached hydrogens (primary N) is 1. The first-order valence-electron chi connectivity index (χ1n) is 5.98. The van der Waals surface area contributed by atoms with Gasteiger partial charge < -0.3 is 10.3 Å². The fourth-order valence-electron chi connectivity index (χ4n) is 2.47. The van der Waals surface area contributed by atoms with Crippen LogP contribution >= 0.6 is 0 Å². The summed E-state index contributed by atoms with van der Waals surface area (Å²) in [5, 5.41) is 0. The summed E-state index contributed by atoms with van der Waals surface area (Å²) in [6.07, 6.45) is 9.30. The highest BCUT2D eigenvalue weighted by atomic mass is 15.1. The second kappa shape index (κ2) is 4.79. The Morgan fingerprint density at radius 1 is 1.40 bits per heavy atom. The van der Waals surface area contributed by atoms with Gasteiger partial charge in [0.2, 0.25) is 0 Å². The largest absolute Gasteiger partial charge is 0.333 e. The minimum Gasteiger partial charge on any atom is -0.333 e. The number of nitrogens with zero attached hydrogens (tertiary/aromatic N) is 2. The third-order valence-electron chi connectivity index (χ3n) is 3.60. The first-order chi connectivity index (χ1) is 7.29. The van der Waals surface area contributed by atoms with Crippen molar-refractivity contribution in [1.82, 2.24) is 9.55 Å². The second-order valence-corrected chi connectivity index (χ2v) is 4.87. The molecule has 2 N–H and O–H groups in total. The molecule has 0 unspecified atom stereocenters. The summed E-state index contributed by atoms with van der Waals surface area (Å²) in [4.78, 5) is 4.16. The maximum Gasteiger partial charge on any atom is 0.0948 e. The van der Waals surface area contributed by atoms with Crippen LogP contribution in [0.25, 0.3) is 0 Å². The van der Waals surface area contributed by atoms with Crippen LogP contribution in [0.4, 0.5) is 0 Å². The van der Waals surface area contributed by atoms with Crippen molar-refractivity contribution in [3.63, 3.8) is 0 Å². The Balaban J connectivity index is 1.91. The van der Waals surface area contributed by atoms with Crippen LogP contribution in [0.15, 0.2) is 12.5 Å². The summed E-state index contributed by atoms with van der Waals surface area (Å²) in [7, 11) is 0. The van der Waals surface area contributed by atoms with Crippen LogP contribution in [0, 0.1) is 11.8 Å². The average molecular weight is 207 g/mol. The third-order valence-corrected chi connectivity index (χ3v) is 3.60. The van der Waals surface area contributed by atoms with Crippen molar-refractivity contribution in [3.8, 4) is 0 Å². The van der Waals surface area contributed by atoms with E-state index in [1.54, 1.807) is 0 Å². The van der Waals surface area contributed by atoms with Gasteiger partial charge in [-0.05, 0) is 24.7 Å². The highest BCUT2D eigenvalue weighted by Crippen LogP contribution is 2.29. The first-order valence-corrected chi connectivity index (χ1v) is 5.98. The summed E-state index contributed by atoms with van der Waals surface area (Å²) in [5.41, 5.74) is 6.82. The Kier molecular flexibility index (Phi) is 3.41. The molecule has 0 aromatic carbocycles. The Hall–Kier alpha value is -0.830. The molecule has 84 valence electrons. The fourth-order valence-corrected chi connectivity index (χ4v) is 2.47. The van der Waals surface area contributed by atoms with E-state index in [0.717, 1.165) is 24.1 Å². The van der Waals surface area contributed by atoms with E-state index in [1.807, 2.05) is 12.5 Å². The minimum atomic E-state index is 0.600. The summed E-state index contributed by atoms with van der Waals surface area (Å²) < 4.78 is 2.22. The molecule has 15 heavy (non-hydrogen) atoms. The standard InChI is InChI=1S/C12H21N3/c1-10-2-4-11(5-3-10)8-15-9-14-7-12(15)6-13/h7,9-11H,2-6,8,13H2,1H3. The molecule has 3 heteroatoms. The van der Waals surface area contributed by atoms with Crippen molar-refractivity contribution in [2.45, 2.75) is 45.7 Å². The molecule has 2 rings (SSSR count). The van der Waals surface area contributed by atoms with Gasteiger partial charge in [0.25, 0.3) is 0 Å².